The van der Waals surface area contributed by atoms with Crippen molar-refractivity contribution in [2.45, 2.75) is 37.6 Å². The molecule has 7 nitrogen and oxygen atoms in total. The Morgan fingerprint density at radius 2 is 2.33 bits per heavy atom. The molecule has 8 heteroatoms. The van der Waals surface area contributed by atoms with Gasteiger partial charge in [0.05, 0.1) is 0 Å². The van der Waals surface area contributed by atoms with E-state index in [-0.39, 0.29) is 12.0 Å². The number of nitrogens with one attached hydrogen (secondary N) is 1. The first-order chi connectivity index (χ1) is 10.1. The van der Waals surface area contributed by atoms with Gasteiger partial charge in [-0.25, -0.2) is 14.8 Å². The molecule has 1 aliphatic rings. The standard InChI is InChI=1S/C13H16BrN5O2/c14-10-9-11(15)16-4-5-19(9)12(18-10)7-2-1-3-8(6-7)17-13(20)21/h4-5,7-8,17H,1-3,6H2,(H2,15,16)(H,20,21)/t7-,8+/m0/s1. The highest BCUT2D eigenvalue weighted by molar-refractivity contribution is 9.10. The third-order valence-corrected chi connectivity index (χ3v) is 4.49. The van der Waals surface area contributed by atoms with E-state index in [0.29, 0.717) is 10.4 Å². The lowest BCUT2D eigenvalue weighted by atomic mass is 9.85. The van der Waals surface area contributed by atoms with Crippen LogP contribution in [0.25, 0.3) is 5.52 Å². The van der Waals surface area contributed by atoms with Crippen molar-refractivity contribution in [2.24, 2.45) is 0 Å². The summed E-state index contributed by atoms with van der Waals surface area (Å²) >= 11 is 3.43. The molecule has 2 aromatic heterocycles. The van der Waals surface area contributed by atoms with Crippen LogP contribution in [0.15, 0.2) is 17.0 Å². The second-order valence-corrected chi connectivity index (χ2v) is 6.05. The van der Waals surface area contributed by atoms with Crippen LogP contribution in [-0.2, 0) is 0 Å². The molecule has 2 aromatic rings. The number of halogens is 1. The van der Waals surface area contributed by atoms with Gasteiger partial charge in [0.1, 0.15) is 15.9 Å². The van der Waals surface area contributed by atoms with Gasteiger partial charge in [-0.1, -0.05) is 6.42 Å². The van der Waals surface area contributed by atoms with Gasteiger partial charge >= 0.3 is 6.09 Å². The van der Waals surface area contributed by atoms with Crippen LogP contribution in [0.4, 0.5) is 10.6 Å². The number of nitrogens with zero attached hydrogens (tertiary/aromatic N) is 3. The molecule has 0 aromatic carbocycles. The normalized spacial score (nSPS) is 22.3. The maximum absolute atomic E-state index is 10.8. The molecule has 0 saturated heterocycles. The molecular weight excluding hydrogens is 338 g/mol. The molecule has 0 spiro atoms. The minimum atomic E-state index is -0.969. The number of imidazole rings is 1. The topological polar surface area (TPSA) is 106 Å². The summed E-state index contributed by atoms with van der Waals surface area (Å²) in [7, 11) is 0. The molecule has 112 valence electrons. The molecule has 21 heavy (non-hydrogen) atoms. The van der Waals surface area contributed by atoms with Crippen LogP contribution in [0, 0.1) is 0 Å². The molecule has 1 amide bonds. The quantitative estimate of drug-likeness (QED) is 0.768. The van der Waals surface area contributed by atoms with E-state index in [4.69, 9.17) is 10.8 Å². The fourth-order valence-electron chi connectivity index (χ4n) is 3.06. The van der Waals surface area contributed by atoms with Crippen molar-refractivity contribution in [3.05, 3.63) is 22.8 Å². The van der Waals surface area contributed by atoms with Gasteiger partial charge in [-0.3, -0.25) is 4.40 Å². The molecule has 0 aliphatic heterocycles. The van der Waals surface area contributed by atoms with Crippen LogP contribution in [0.1, 0.15) is 37.4 Å². The van der Waals surface area contributed by atoms with E-state index in [1.165, 1.54) is 0 Å². The van der Waals surface area contributed by atoms with E-state index in [2.05, 4.69) is 31.2 Å². The van der Waals surface area contributed by atoms with Crippen molar-refractivity contribution < 1.29 is 9.90 Å². The first-order valence-corrected chi connectivity index (χ1v) is 7.63. The number of hydrogen-bond donors (Lipinski definition) is 3. The summed E-state index contributed by atoms with van der Waals surface area (Å²) in [6, 6.07) is -0.0217. The van der Waals surface area contributed by atoms with Gasteiger partial charge in [-0.05, 0) is 35.2 Å². The average molecular weight is 354 g/mol. The van der Waals surface area contributed by atoms with Crippen molar-refractivity contribution in [3.8, 4) is 0 Å². The monoisotopic (exact) mass is 353 g/mol. The van der Waals surface area contributed by atoms with Crippen molar-refractivity contribution in [3.63, 3.8) is 0 Å². The Labute approximate surface area is 129 Å². The van der Waals surface area contributed by atoms with Crippen molar-refractivity contribution in [2.75, 3.05) is 5.73 Å². The molecule has 0 unspecified atom stereocenters. The van der Waals surface area contributed by atoms with Gasteiger partial charge < -0.3 is 16.2 Å². The largest absolute Gasteiger partial charge is 0.465 e. The van der Waals surface area contributed by atoms with Crippen molar-refractivity contribution in [1.29, 1.82) is 0 Å². The van der Waals surface area contributed by atoms with Gasteiger partial charge in [0.25, 0.3) is 0 Å². The lowest BCUT2D eigenvalue weighted by molar-refractivity contribution is 0.184. The molecule has 1 aliphatic carbocycles. The maximum Gasteiger partial charge on any atom is 0.404 e. The van der Waals surface area contributed by atoms with Crippen LogP contribution in [0.3, 0.4) is 0 Å². The van der Waals surface area contributed by atoms with Crippen LogP contribution < -0.4 is 11.1 Å². The third-order valence-electron chi connectivity index (χ3n) is 3.93. The fourth-order valence-corrected chi connectivity index (χ4v) is 3.64. The van der Waals surface area contributed by atoms with Crippen molar-refractivity contribution in [1.82, 2.24) is 19.7 Å². The minimum absolute atomic E-state index is 0.0217. The molecule has 1 fully saturated rings. The molecule has 2 atom stereocenters. The highest BCUT2D eigenvalue weighted by Gasteiger charge is 2.28. The maximum atomic E-state index is 10.8. The first kappa shape index (κ1) is 14.1. The Bertz CT molecular complexity index is 686. The van der Waals surface area contributed by atoms with E-state index in [1.807, 2.05) is 10.6 Å². The van der Waals surface area contributed by atoms with Crippen LogP contribution in [0.2, 0.25) is 0 Å². The van der Waals surface area contributed by atoms with E-state index < -0.39 is 6.09 Å². The molecule has 0 bridgehead atoms. The number of carboxylic acid groups (broad SMARTS) is 1. The smallest absolute Gasteiger partial charge is 0.404 e. The van der Waals surface area contributed by atoms with E-state index >= 15 is 0 Å². The summed E-state index contributed by atoms with van der Waals surface area (Å²) in [5, 5.41) is 11.4. The zero-order chi connectivity index (χ0) is 15.0. The van der Waals surface area contributed by atoms with E-state index in [9.17, 15) is 4.79 Å². The van der Waals surface area contributed by atoms with Gasteiger partial charge in [0, 0.05) is 24.4 Å². The average Bonchev–Trinajstić information content (AvgIpc) is 2.77. The van der Waals surface area contributed by atoms with Gasteiger partial charge in [-0.2, -0.15) is 0 Å². The summed E-state index contributed by atoms with van der Waals surface area (Å²) in [4.78, 5) is 19.5. The SMILES string of the molecule is Nc1nccn2c([C@H]3CCC[C@@H](NC(=O)O)C3)nc(Br)c12. The summed E-state index contributed by atoms with van der Waals surface area (Å²) in [5.74, 6) is 1.54. The third kappa shape index (κ3) is 2.67. The van der Waals surface area contributed by atoms with Crippen LogP contribution >= 0.6 is 15.9 Å². The lowest BCUT2D eigenvalue weighted by Gasteiger charge is -2.28. The molecule has 2 heterocycles. The zero-order valence-corrected chi connectivity index (χ0v) is 12.9. The zero-order valence-electron chi connectivity index (χ0n) is 11.3. The van der Waals surface area contributed by atoms with E-state index in [0.717, 1.165) is 37.0 Å². The first-order valence-electron chi connectivity index (χ1n) is 6.83. The Morgan fingerprint density at radius 1 is 1.52 bits per heavy atom. The summed E-state index contributed by atoms with van der Waals surface area (Å²) in [6.07, 6.45) is 6.11. The Hall–Kier alpha value is -1.83. The number of anilines is 1. The van der Waals surface area contributed by atoms with E-state index in [1.54, 1.807) is 6.20 Å². The van der Waals surface area contributed by atoms with Crippen LogP contribution in [-0.4, -0.2) is 31.6 Å². The second kappa shape index (κ2) is 5.51. The Morgan fingerprint density at radius 3 is 3.10 bits per heavy atom. The molecular formula is C13H16BrN5O2. The highest BCUT2D eigenvalue weighted by atomic mass is 79.9. The summed E-state index contributed by atoms with van der Waals surface area (Å²) in [6.45, 7) is 0. The Kier molecular flexibility index (Phi) is 3.71. The number of nitrogen functional groups attached to an aromatic ring is 1. The fraction of sp³-hybridized carbons (Fsp3) is 0.462. The molecule has 1 saturated carbocycles. The molecule has 0 radical (unpaired) electrons. The lowest BCUT2D eigenvalue weighted by Crippen LogP contribution is -2.37. The predicted octanol–water partition coefficient (Wildman–Crippen LogP) is 2.37. The van der Waals surface area contributed by atoms with Gasteiger partial charge in [0.15, 0.2) is 5.82 Å². The predicted molar refractivity (Wildman–Crippen MR) is 81.3 cm³/mol. The van der Waals surface area contributed by atoms with Crippen LogP contribution in [0.5, 0.6) is 0 Å². The second-order valence-electron chi connectivity index (χ2n) is 5.30. The molecule has 3 rings (SSSR count). The number of rotatable bonds is 2. The van der Waals surface area contributed by atoms with Crippen molar-refractivity contribution >= 4 is 33.4 Å². The number of carbonyl (C=O) groups is 1. The number of amides is 1. The molecule has 4 N–H and O–H groups in total. The number of nitrogens with two attached hydrogens (primary N) is 1. The summed E-state index contributed by atoms with van der Waals surface area (Å²) in [5.41, 5.74) is 6.67. The number of fused-ring (bicyclic) bond motifs is 1. The number of hydrogen-bond acceptors (Lipinski definition) is 4. The number of aromatic nitrogens is 3. The summed E-state index contributed by atoms with van der Waals surface area (Å²) < 4.78 is 2.62. The van der Waals surface area contributed by atoms with Gasteiger partial charge in [-0.15, -0.1) is 0 Å². The minimum Gasteiger partial charge on any atom is -0.465 e. The Balaban J connectivity index is 1.93. The highest BCUT2D eigenvalue weighted by Crippen LogP contribution is 2.35. The van der Waals surface area contributed by atoms with Gasteiger partial charge in [0.2, 0.25) is 0 Å².